The summed E-state index contributed by atoms with van der Waals surface area (Å²) in [6.07, 6.45) is 4.03. The number of nitrogens with one attached hydrogen (secondary N) is 1. The van der Waals surface area contributed by atoms with Crippen molar-refractivity contribution in [1.29, 1.82) is 0 Å². The molecule has 0 saturated carbocycles. The third-order valence-corrected chi connectivity index (χ3v) is 4.87. The Labute approximate surface area is 162 Å². The first-order valence-corrected chi connectivity index (χ1v) is 9.06. The van der Waals surface area contributed by atoms with E-state index in [4.69, 9.17) is 4.74 Å². The lowest BCUT2D eigenvalue weighted by Crippen LogP contribution is -2.35. The molecule has 0 saturated heterocycles. The number of carbonyl (C=O) groups is 1. The number of H-pyrrole nitrogens is 1. The Kier molecular flexibility index (Phi) is 4.99. The van der Waals surface area contributed by atoms with Gasteiger partial charge in [0.25, 0.3) is 5.56 Å². The van der Waals surface area contributed by atoms with Crippen LogP contribution in [0.4, 0.5) is 0 Å². The molecule has 1 aliphatic heterocycles. The fraction of sp³-hybridized carbons (Fsp3) is 0.238. The number of aromatic nitrogens is 3. The van der Waals surface area contributed by atoms with Crippen LogP contribution in [0, 0.1) is 0 Å². The van der Waals surface area contributed by atoms with E-state index < -0.39 is 0 Å². The van der Waals surface area contributed by atoms with Gasteiger partial charge in [0.15, 0.2) is 0 Å². The number of methoxy groups -OCH3 is 1. The van der Waals surface area contributed by atoms with Crippen LogP contribution in [0.3, 0.4) is 0 Å². The van der Waals surface area contributed by atoms with Gasteiger partial charge in [0.2, 0.25) is 0 Å². The smallest absolute Gasteiger partial charge is 0.337 e. The highest BCUT2D eigenvalue weighted by atomic mass is 16.5. The number of rotatable bonds is 4. The fourth-order valence-electron chi connectivity index (χ4n) is 3.39. The van der Waals surface area contributed by atoms with E-state index >= 15 is 0 Å². The molecule has 0 fully saturated rings. The number of benzene rings is 1. The van der Waals surface area contributed by atoms with Crippen LogP contribution in [-0.4, -0.2) is 39.5 Å². The van der Waals surface area contributed by atoms with Gasteiger partial charge in [-0.05, 0) is 36.2 Å². The van der Waals surface area contributed by atoms with Gasteiger partial charge >= 0.3 is 5.97 Å². The van der Waals surface area contributed by atoms with Crippen molar-refractivity contribution in [3.05, 3.63) is 81.5 Å². The van der Waals surface area contributed by atoms with Crippen molar-refractivity contribution in [3.8, 4) is 11.4 Å². The van der Waals surface area contributed by atoms with E-state index in [0.29, 0.717) is 24.4 Å². The van der Waals surface area contributed by atoms with Gasteiger partial charge in [-0.1, -0.05) is 12.1 Å². The number of aromatic amines is 1. The molecule has 3 aromatic rings. The number of hydrogen-bond donors (Lipinski definition) is 1. The molecule has 0 atom stereocenters. The molecule has 4 rings (SSSR count). The van der Waals surface area contributed by atoms with Crippen LogP contribution < -0.4 is 5.56 Å². The van der Waals surface area contributed by atoms with Crippen LogP contribution in [0.5, 0.6) is 0 Å². The maximum atomic E-state index is 12.5. The number of fused-ring (bicyclic) bond motifs is 1. The van der Waals surface area contributed by atoms with E-state index in [1.54, 1.807) is 24.5 Å². The molecule has 7 heteroatoms. The molecule has 0 amide bonds. The summed E-state index contributed by atoms with van der Waals surface area (Å²) in [4.78, 5) is 37.9. The van der Waals surface area contributed by atoms with Crippen LogP contribution >= 0.6 is 0 Å². The third-order valence-electron chi connectivity index (χ3n) is 4.87. The molecule has 0 unspecified atom stereocenters. The van der Waals surface area contributed by atoms with E-state index in [1.807, 2.05) is 24.3 Å². The van der Waals surface area contributed by atoms with Crippen molar-refractivity contribution < 1.29 is 9.53 Å². The zero-order valence-corrected chi connectivity index (χ0v) is 15.5. The van der Waals surface area contributed by atoms with Crippen LogP contribution in [-0.2, 0) is 24.2 Å². The number of esters is 1. The molecule has 0 aliphatic carbocycles. The Balaban J connectivity index is 1.53. The second-order valence-electron chi connectivity index (χ2n) is 6.73. The Bertz CT molecular complexity index is 1050. The van der Waals surface area contributed by atoms with Crippen LogP contribution in [0.1, 0.15) is 27.2 Å². The molecule has 28 heavy (non-hydrogen) atoms. The van der Waals surface area contributed by atoms with Crippen LogP contribution in [0.2, 0.25) is 0 Å². The highest BCUT2D eigenvalue weighted by Gasteiger charge is 2.21. The highest BCUT2D eigenvalue weighted by molar-refractivity contribution is 5.89. The molecule has 3 heterocycles. The quantitative estimate of drug-likeness (QED) is 0.702. The second-order valence-corrected chi connectivity index (χ2v) is 6.73. The molecule has 1 aliphatic rings. The first kappa shape index (κ1) is 18.1. The number of carbonyl (C=O) groups excluding carboxylic acids is 1. The summed E-state index contributed by atoms with van der Waals surface area (Å²) in [5.41, 5.74) is 3.90. The predicted octanol–water partition coefficient (Wildman–Crippen LogP) is 2.18. The SMILES string of the molecule is COC(=O)c1ccc(CN2CCc3c(nc(-c4cccnc4)[nH]c3=O)C2)cc1. The molecule has 1 N–H and O–H groups in total. The van der Waals surface area contributed by atoms with Gasteiger partial charge in [0.05, 0.1) is 18.4 Å². The van der Waals surface area contributed by atoms with Gasteiger partial charge in [0.1, 0.15) is 5.82 Å². The first-order valence-electron chi connectivity index (χ1n) is 9.06. The lowest BCUT2D eigenvalue weighted by atomic mass is 10.0. The molecular formula is C21H20N4O3. The van der Waals surface area contributed by atoms with Crippen molar-refractivity contribution in [2.24, 2.45) is 0 Å². The molecule has 2 aromatic heterocycles. The summed E-state index contributed by atoms with van der Waals surface area (Å²) >= 11 is 0. The normalized spacial score (nSPS) is 13.8. The minimum absolute atomic E-state index is 0.0778. The Morgan fingerprint density at radius 3 is 2.79 bits per heavy atom. The Hall–Kier alpha value is -3.32. The number of hydrogen-bond acceptors (Lipinski definition) is 6. The van der Waals surface area contributed by atoms with E-state index in [1.165, 1.54) is 7.11 Å². The summed E-state index contributed by atoms with van der Waals surface area (Å²) < 4.78 is 4.73. The number of nitrogens with zero attached hydrogens (tertiary/aromatic N) is 3. The zero-order chi connectivity index (χ0) is 19.5. The number of pyridine rings is 1. The largest absolute Gasteiger partial charge is 0.465 e. The van der Waals surface area contributed by atoms with Crippen molar-refractivity contribution >= 4 is 5.97 Å². The monoisotopic (exact) mass is 376 g/mol. The standard InChI is InChI=1S/C21H20N4O3/c1-28-21(27)15-6-4-14(5-7-15)12-25-10-8-17-18(13-25)23-19(24-20(17)26)16-3-2-9-22-11-16/h2-7,9,11H,8,10,12-13H2,1H3,(H,23,24,26). The summed E-state index contributed by atoms with van der Waals surface area (Å²) in [5.74, 6) is 0.200. The van der Waals surface area contributed by atoms with Gasteiger partial charge in [-0.2, -0.15) is 0 Å². The minimum Gasteiger partial charge on any atom is -0.465 e. The van der Waals surface area contributed by atoms with Crippen molar-refractivity contribution in [2.75, 3.05) is 13.7 Å². The van der Waals surface area contributed by atoms with Gasteiger partial charge in [0, 0.05) is 43.2 Å². The summed E-state index contributed by atoms with van der Waals surface area (Å²) in [7, 11) is 1.37. The third kappa shape index (κ3) is 3.70. The lowest BCUT2D eigenvalue weighted by molar-refractivity contribution is 0.0600. The fourth-order valence-corrected chi connectivity index (χ4v) is 3.39. The molecule has 0 bridgehead atoms. The topological polar surface area (TPSA) is 88.2 Å². The van der Waals surface area contributed by atoms with Crippen molar-refractivity contribution in [1.82, 2.24) is 19.9 Å². The number of ether oxygens (including phenoxy) is 1. The summed E-state index contributed by atoms with van der Waals surface area (Å²) in [6, 6.07) is 11.1. The average molecular weight is 376 g/mol. The lowest BCUT2D eigenvalue weighted by Gasteiger charge is -2.27. The highest BCUT2D eigenvalue weighted by Crippen LogP contribution is 2.20. The van der Waals surface area contributed by atoms with Gasteiger partial charge in [-0.25, -0.2) is 9.78 Å². The molecular weight excluding hydrogens is 356 g/mol. The van der Waals surface area contributed by atoms with E-state index in [-0.39, 0.29) is 11.5 Å². The Morgan fingerprint density at radius 2 is 2.07 bits per heavy atom. The average Bonchev–Trinajstić information content (AvgIpc) is 2.74. The van der Waals surface area contributed by atoms with Gasteiger partial charge < -0.3 is 9.72 Å². The molecule has 0 spiro atoms. The second kappa shape index (κ2) is 7.74. The van der Waals surface area contributed by atoms with Gasteiger partial charge in [-0.3, -0.25) is 14.7 Å². The van der Waals surface area contributed by atoms with E-state index in [9.17, 15) is 9.59 Å². The Morgan fingerprint density at radius 1 is 1.25 bits per heavy atom. The summed E-state index contributed by atoms with van der Waals surface area (Å²) in [6.45, 7) is 2.10. The first-order chi connectivity index (χ1) is 13.6. The molecule has 7 nitrogen and oxygen atoms in total. The van der Waals surface area contributed by atoms with Crippen molar-refractivity contribution in [2.45, 2.75) is 19.5 Å². The summed E-state index contributed by atoms with van der Waals surface area (Å²) in [5, 5.41) is 0. The predicted molar refractivity (Wildman–Crippen MR) is 104 cm³/mol. The van der Waals surface area contributed by atoms with E-state index in [0.717, 1.165) is 35.5 Å². The molecule has 1 aromatic carbocycles. The van der Waals surface area contributed by atoms with Gasteiger partial charge in [-0.15, -0.1) is 0 Å². The molecule has 142 valence electrons. The minimum atomic E-state index is -0.343. The maximum Gasteiger partial charge on any atom is 0.337 e. The van der Waals surface area contributed by atoms with E-state index in [2.05, 4.69) is 19.9 Å². The van der Waals surface area contributed by atoms with Crippen molar-refractivity contribution in [3.63, 3.8) is 0 Å². The zero-order valence-electron chi connectivity index (χ0n) is 15.5. The van der Waals surface area contributed by atoms with Crippen LogP contribution in [0.15, 0.2) is 53.6 Å². The van der Waals surface area contributed by atoms with Crippen LogP contribution in [0.25, 0.3) is 11.4 Å². The maximum absolute atomic E-state index is 12.5. The molecule has 0 radical (unpaired) electrons.